The fourth-order valence-corrected chi connectivity index (χ4v) is 2.60. The van der Waals surface area contributed by atoms with Gasteiger partial charge in [0.15, 0.2) is 11.5 Å². The second kappa shape index (κ2) is 4.45. The highest BCUT2D eigenvalue weighted by Crippen LogP contribution is 2.47. The van der Waals surface area contributed by atoms with Crippen molar-refractivity contribution in [2.24, 2.45) is 0 Å². The standard InChI is InChI=1S/C11H5F5N4S/c12-10(13,11(14,15)16)7-2-1-6(21-7)9-19-5-3-17-4-18-8(5)20-9/h1-4H,(H,17,18,19,20). The first kappa shape index (κ1) is 13.9. The average Bonchev–Trinajstić information content (AvgIpc) is 3.04. The summed E-state index contributed by atoms with van der Waals surface area (Å²) < 4.78 is 63.4. The second-order valence-corrected chi connectivity index (χ2v) is 5.17. The van der Waals surface area contributed by atoms with Crippen molar-refractivity contribution < 1.29 is 22.0 Å². The first-order valence-corrected chi connectivity index (χ1v) is 6.31. The van der Waals surface area contributed by atoms with Crippen molar-refractivity contribution in [3.63, 3.8) is 0 Å². The molecule has 110 valence electrons. The number of aromatic amines is 1. The van der Waals surface area contributed by atoms with Crippen LogP contribution in [-0.4, -0.2) is 26.1 Å². The van der Waals surface area contributed by atoms with Crippen molar-refractivity contribution in [2.75, 3.05) is 0 Å². The van der Waals surface area contributed by atoms with Crippen LogP contribution < -0.4 is 0 Å². The number of aromatic nitrogens is 4. The number of H-pyrrole nitrogens is 1. The summed E-state index contributed by atoms with van der Waals surface area (Å²) in [6, 6.07) is 1.90. The van der Waals surface area contributed by atoms with Gasteiger partial charge in [-0.2, -0.15) is 22.0 Å². The molecule has 21 heavy (non-hydrogen) atoms. The van der Waals surface area contributed by atoms with Gasteiger partial charge in [0.2, 0.25) is 0 Å². The van der Waals surface area contributed by atoms with Crippen molar-refractivity contribution in [3.8, 4) is 10.7 Å². The molecule has 0 aliphatic carbocycles. The predicted molar refractivity (Wildman–Crippen MR) is 64.9 cm³/mol. The molecule has 1 N–H and O–H groups in total. The van der Waals surface area contributed by atoms with Gasteiger partial charge in [0.1, 0.15) is 11.8 Å². The number of rotatable bonds is 2. The molecule has 0 unspecified atom stereocenters. The fraction of sp³-hybridized carbons (Fsp3) is 0.182. The lowest BCUT2D eigenvalue weighted by atomic mass is 10.2. The number of hydrogen-bond acceptors (Lipinski definition) is 4. The van der Waals surface area contributed by atoms with E-state index in [2.05, 4.69) is 19.9 Å². The Hall–Kier alpha value is -2.10. The Balaban J connectivity index is 2.02. The van der Waals surface area contributed by atoms with E-state index in [9.17, 15) is 22.0 Å². The molecule has 0 aliphatic heterocycles. The summed E-state index contributed by atoms with van der Waals surface area (Å²) in [5.41, 5.74) is 0.766. The van der Waals surface area contributed by atoms with Gasteiger partial charge in [-0.05, 0) is 12.1 Å². The topological polar surface area (TPSA) is 54.5 Å². The van der Waals surface area contributed by atoms with Gasteiger partial charge in [0.25, 0.3) is 0 Å². The van der Waals surface area contributed by atoms with Crippen LogP contribution in [0.5, 0.6) is 0 Å². The molecule has 0 aromatic carbocycles. The molecular formula is C11H5F5N4S. The Bertz CT molecular complexity index is 758. The Labute approximate surface area is 117 Å². The molecule has 0 amide bonds. The smallest absolute Gasteiger partial charge is 0.335 e. The maximum absolute atomic E-state index is 13.2. The van der Waals surface area contributed by atoms with E-state index in [-0.39, 0.29) is 10.7 Å². The molecule has 0 saturated carbocycles. The van der Waals surface area contributed by atoms with Crippen molar-refractivity contribution in [1.82, 2.24) is 19.9 Å². The van der Waals surface area contributed by atoms with E-state index in [1.54, 1.807) is 0 Å². The lowest BCUT2D eigenvalue weighted by molar-refractivity contribution is -0.287. The van der Waals surface area contributed by atoms with Crippen LogP contribution in [0.4, 0.5) is 22.0 Å². The molecular weight excluding hydrogens is 315 g/mol. The van der Waals surface area contributed by atoms with E-state index in [4.69, 9.17) is 0 Å². The van der Waals surface area contributed by atoms with Gasteiger partial charge in [-0.25, -0.2) is 15.0 Å². The molecule has 10 heteroatoms. The SMILES string of the molecule is FC(F)(F)C(F)(F)c1ccc(-c2nc3ncncc3[nH]2)s1. The van der Waals surface area contributed by atoms with Crippen LogP contribution in [0.1, 0.15) is 4.88 Å². The number of halogens is 5. The number of imidazole rings is 1. The van der Waals surface area contributed by atoms with Gasteiger partial charge >= 0.3 is 12.1 Å². The molecule has 0 saturated heterocycles. The monoisotopic (exact) mass is 320 g/mol. The summed E-state index contributed by atoms with van der Waals surface area (Å²) in [6.45, 7) is 0. The van der Waals surface area contributed by atoms with Gasteiger partial charge < -0.3 is 4.98 Å². The zero-order chi connectivity index (χ0) is 15.3. The third-order valence-electron chi connectivity index (χ3n) is 2.67. The van der Waals surface area contributed by atoms with E-state index in [1.165, 1.54) is 12.5 Å². The van der Waals surface area contributed by atoms with E-state index >= 15 is 0 Å². The summed E-state index contributed by atoms with van der Waals surface area (Å²) in [5, 5.41) is 0. The van der Waals surface area contributed by atoms with Crippen molar-refractivity contribution in [2.45, 2.75) is 12.1 Å². The minimum Gasteiger partial charge on any atom is -0.335 e. The number of fused-ring (bicyclic) bond motifs is 1. The van der Waals surface area contributed by atoms with Gasteiger partial charge in [-0.3, -0.25) is 0 Å². The molecule has 0 bridgehead atoms. The average molecular weight is 320 g/mol. The third kappa shape index (κ3) is 2.24. The van der Waals surface area contributed by atoms with Gasteiger partial charge in [0, 0.05) is 0 Å². The number of alkyl halides is 5. The second-order valence-electron chi connectivity index (χ2n) is 4.08. The molecule has 3 heterocycles. The third-order valence-corrected chi connectivity index (χ3v) is 3.83. The minimum absolute atomic E-state index is 0.159. The molecule has 0 aliphatic rings. The van der Waals surface area contributed by atoms with Crippen molar-refractivity contribution in [3.05, 3.63) is 29.5 Å². The quantitative estimate of drug-likeness (QED) is 0.732. The Morgan fingerprint density at radius 2 is 1.86 bits per heavy atom. The van der Waals surface area contributed by atoms with Crippen LogP contribution in [0.25, 0.3) is 21.9 Å². The van der Waals surface area contributed by atoms with Crippen LogP contribution in [0.3, 0.4) is 0 Å². The van der Waals surface area contributed by atoms with Gasteiger partial charge in [-0.15, -0.1) is 11.3 Å². The van der Waals surface area contributed by atoms with Crippen LogP contribution in [0, 0.1) is 0 Å². The highest BCUT2D eigenvalue weighted by molar-refractivity contribution is 7.15. The molecule has 0 atom stereocenters. The van der Waals surface area contributed by atoms with Gasteiger partial charge in [-0.1, -0.05) is 0 Å². The summed E-state index contributed by atoms with van der Waals surface area (Å²) in [5.74, 6) is -4.72. The molecule has 3 aromatic rings. The van der Waals surface area contributed by atoms with Gasteiger partial charge in [0.05, 0.1) is 16.0 Å². The van der Waals surface area contributed by atoms with E-state index < -0.39 is 17.0 Å². The first-order chi connectivity index (χ1) is 9.79. The van der Waals surface area contributed by atoms with Crippen LogP contribution in [0.2, 0.25) is 0 Å². The Morgan fingerprint density at radius 3 is 2.52 bits per heavy atom. The van der Waals surface area contributed by atoms with E-state index in [0.717, 1.165) is 12.1 Å². The molecule has 4 nitrogen and oxygen atoms in total. The van der Waals surface area contributed by atoms with Crippen LogP contribution >= 0.6 is 11.3 Å². The molecule has 0 spiro atoms. The number of nitrogens with zero attached hydrogens (tertiary/aromatic N) is 3. The highest BCUT2D eigenvalue weighted by atomic mass is 32.1. The first-order valence-electron chi connectivity index (χ1n) is 5.50. The largest absolute Gasteiger partial charge is 0.458 e. The number of hydrogen-bond donors (Lipinski definition) is 1. The zero-order valence-electron chi connectivity index (χ0n) is 9.95. The summed E-state index contributed by atoms with van der Waals surface area (Å²) in [7, 11) is 0. The highest BCUT2D eigenvalue weighted by Gasteiger charge is 2.59. The maximum atomic E-state index is 13.2. The predicted octanol–water partition coefficient (Wildman–Crippen LogP) is 3.74. The number of thiophene rings is 1. The maximum Gasteiger partial charge on any atom is 0.458 e. The minimum atomic E-state index is -5.63. The molecule has 3 aromatic heterocycles. The lowest BCUT2D eigenvalue weighted by Gasteiger charge is -2.17. The summed E-state index contributed by atoms with van der Waals surface area (Å²) >= 11 is 0.323. The zero-order valence-corrected chi connectivity index (χ0v) is 10.8. The van der Waals surface area contributed by atoms with E-state index in [1.807, 2.05) is 0 Å². The molecule has 3 rings (SSSR count). The Morgan fingerprint density at radius 1 is 1.10 bits per heavy atom. The van der Waals surface area contributed by atoms with Crippen LogP contribution in [-0.2, 0) is 5.92 Å². The van der Waals surface area contributed by atoms with Crippen molar-refractivity contribution in [1.29, 1.82) is 0 Å². The van der Waals surface area contributed by atoms with Crippen molar-refractivity contribution >= 4 is 22.5 Å². The summed E-state index contributed by atoms with van der Waals surface area (Å²) in [6.07, 6.45) is -2.95. The lowest BCUT2D eigenvalue weighted by Crippen LogP contribution is -2.32. The normalized spacial score (nSPS) is 13.0. The number of nitrogens with one attached hydrogen (secondary N) is 1. The summed E-state index contributed by atoms with van der Waals surface area (Å²) in [4.78, 5) is 13.4. The fourth-order valence-electron chi connectivity index (χ4n) is 1.65. The molecule has 0 fully saturated rings. The van der Waals surface area contributed by atoms with E-state index in [0.29, 0.717) is 22.5 Å². The van der Waals surface area contributed by atoms with Crippen LogP contribution in [0.15, 0.2) is 24.7 Å². The molecule has 0 radical (unpaired) electrons. The Kier molecular flexibility index (Phi) is 2.94.